The molecule has 6 rings (SSSR count). The molecular formula is C30H27NO3S. The monoisotopic (exact) mass is 481 g/mol. The fourth-order valence-electron chi connectivity index (χ4n) is 6.64. The van der Waals surface area contributed by atoms with Gasteiger partial charge < -0.3 is 0 Å². The van der Waals surface area contributed by atoms with Crippen LogP contribution in [0.1, 0.15) is 25.0 Å². The molecule has 0 saturated carbocycles. The van der Waals surface area contributed by atoms with E-state index in [2.05, 4.69) is 24.3 Å². The zero-order chi connectivity index (χ0) is 24.4. The first kappa shape index (κ1) is 22.2. The first-order chi connectivity index (χ1) is 16.9. The Balaban J connectivity index is 1.53. The van der Waals surface area contributed by atoms with Crippen LogP contribution < -0.4 is 4.90 Å². The van der Waals surface area contributed by atoms with Crippen molar-refractivity contribution in [3.63, 3.8) is 0 Å². The van der Waals surface area contributed by atoms with Crippen molar-refractivity contribution in [3.05, 3.63) is 113 Å². The molecule has 3 aromatic rings. The number of para-hydroxylation sites is 1. The van der Waals surface area contributed by atoms with E-state index in [1.807, 2.05) is 68.4 Å². The molecular weight excluding hydrogens is 454 g/mol. The third-order valence-electron chi connectivity index (χ3n) is 8.29. The Labute approximate surface area is 208 Å². The van der Waals surface area contributed by atoms with Gasteiger partial charge in [0.25, 0.3) is 0 Å². The topological polar surface area (TPSA) is 54.5 Å². The van der Waals surface area contributed by atoms with Gasteiger partial charge in [-0.1, -0.05) is 78.9 Å². The molecule has 4 unspecified atom stereocenters. The lowest BCUT2D eigenvalue weighted by atomic mass is 9.63. The third-order valence-corrected chi connectivity index (χ3v) is 10.8. The molecule has 5 heteroatoms. The number of carbonyl (C=O) groups is 2. The van der Waals surface area contributed by atoms with E-state index in [0.717, 1.165) is 22.3 Å². The van der Waals surface area contributed by atoms with E-state index >= 15 is 0 Å². The van der Waals surface area contributed by atoms with E-state index in [-0.39, 0.29) is 11.8 Å². The second kappa shape index (κ2) is 7.85. The fraction of sp³-hybridized carbons (Fsp3) is 0.267. The molecule has 2 bridgehead atoms. The van der Waals surface area contributed by atoms with Gasteiger partial charge in [0, 0.05) is 10.8 Å². The maximum absolute atomic E-state index is 14.3. The van der Waals surface area contributed by atoms with Crippen LogP contribution in [-0.2, 0) is 33.2 Å². The van der Waals surface area contributed by atoms with Crippen LogP contribution in [-0.4, -0.2) is 25.5 Å². The Morgan fingerprint density at radius 2 is 1.03 bits per heavy atom. The van der Waals surface area contributed by atoms with Crippen molar-refractivity contribution in [2.24, 2.45) is 11.8 Å². The molecule has 2 saturated heterocycles. The average molecular weight is 482 g/mol. The number of amides is 2. The molecule has 176 valence electrons. The molecule has 2 amide bonds. The van der Waals surface area contributed by atoms with Crippen molar-refractivity contribution in [1.29, 1.82) is 0 Å². The lowest BCUT2D eigenvalue weighted by molar-refractivity contribution is -0.122. The first-order valence-electron chi connectivity index (χ1n) is 12.0. The van der Waals surface area contributed by atoms with Crippen molar-refractivity contribution in [2.75, 3.05) is 4.90 Å². The molecule has 4 atom stereocenters. The molecule has 2 fully saturated rings. The van der Waals surface area contributed by atoms with E-state index in [1.165, 1.54) is 4.90 Å². The largest absolute Gasteiger partial charge is 0.274 e. The maximum atomic E-state index is 14.3. The van der Waals surface area contributed by atoms with Gasteiger partial charge in [-0.3, -0.25) is 13.8 Å². The second-order valence-corrected chi connectivity index (χ2v) is 12.3. The standard InChI is InChI=1S/C30H27NO3S/c1-29-23(18-20-12-6-3-7-13-20)24(19-21-14-8-4-9-15-21)30(2,35(29)34)26-25(29)27(32)31(28(26)33)22-16-10-5-11-17-22/h3-17,25-26H,18-19H2,1-2H3. The molecule has 0 aliphatic carbocycles. The number of hydrogen-bond acceptors (Lipinski definition) is 3. The SMILES string of the molecule is CC12C(Cc3ccccc3)=C(Cc3ccccc3)C(C)(C3C(=O)N(c4ccccc4)C(=O)C31)S2=O. The highest BCUT2D eigenvalue weighted by atomic mass is 32.2. The van der Waals surface area contributed by atoms with Crippen LogP contribution in [0.2, 0.25) is 0 Å². The molecule has 3 aliphatic rings. The van der Waals surface area contributed by atoms with Crippen molar-refractivity contribution in [2.45, 2.75) is 36.2 Å². The third kappa shape index (κ3) is 2.94. The van der Waals surface area contributed by atoms with Gasteiger partial charge in [-0.2, -0.15) is 0 Å². The number of benzene rings is 3. The van der Waals surface area contributed by atoms with E-state index in [9.17, 15) is 13.8 Å². The van der Waals surface area contributed by atoms with E-state index in [0.29, 0.717) is 18.5 Å². The first-order valence-corrected chi connectivity index (χ1v) is 13.2. The summed E-state index contributed by atoms with van der Waals surface area (Å²) >= 11 is 0. The Morgan fingerprint density at radius 3 is 1.43 bits per heavy atom. The second-order valence-electron chi connectivity index (χ2n) is 10.1. The minimum atomic E-state index is -1.40. The smallest absolute Gasteiger partial charge is 0.239 e. The number of imide groups is 1. The zero-order valence-corrected chi connectivity index (χ0v) is 20.6. The van der Waals surface area contributed by atoms with Crippen LogP contribution in [0.5, 0.6) is 0 Å². The van der Waals surface area contributed by atoms with Crippen LogP contribution >= 0.6 is 0 Å². The Hall–Kier alpha value is -3.31. The van der Waals surface area contributed by atoms with Crippen LogP contribution in [0.4, 0.5) is 5.69 Å². The highest BCUT2D eigenvalue weighted by Crippen LogP contribution is 2.66. The van der Waals surface area contributed by atoms with Crippen LogP contribution in [0.3, 0.4) is 0 Å². The highest BCUT2D eigenvalue weighted by molar-refractivity contribution is 7.89. The fourth-order valence-corrected chi connectivity index (χ4v) is 9.30. The van der Waals surface area contributed by atoms with Crippen LogP contribution in [0.15, 0.2) is 102 Å². The number of nitrogens with zero attached hydrogens (tertiary/aromatic N) is 1. The molecule has 3 aliphatic heterocycles. The quantitative estimate of drug-likeness (QED) is 0.386. The molecule has 0 N–H and O–H groups in total. The summed E-state index contributed by atoms with van der Waals surface area (Å²) in [5, 5.41) is 0. The number of hydrogen-bond donors (Lipinski definition) is 0. The van der Waals surface area contributed by atoms with Crippen molar-refractivity contribution < 1.29 is 13.8 Å². The Kier molecular flexibility index (Phi) is 4.98. The lowest BCUT2D eigenvalue weighted by Crippen LogP contribution is -2.43. The minimum absolute atomic E-state index is 0.227. The van der Waals surface area contributed by atoms with Gasteiger partial charge in [-0.15, -0.1) is 0 Å². The normalized spacial score (nSPS) is 31.4. The summed E-state index contributed by atoms with van der Waals surface area (Å²) in [5.41, 5.74) is 4.95. The molecule has 0 spiro atoms. The number of fused-ring (bicyclic) bond motifs is 5. The molecule has 3 heterocycles. The average Bonchev–Trinajstić information content (AvgIpc) is 3.32. The van der Waals surface area contributed by atoms with E-state index in [4.69, 9.17) is 0 Å². The summed E-state index contributed by atoms with van der Waals surface area (Å²) in [7, 11) is -1.40. The minimum Gasteiger partial charge on any atom is -0.274 e. The van der Waals surface area contributed by atoms with Crippen molar-refractivity contribution in [3.8, 4) is 0 Å². The van der Waals surface area contributed by atoms with Crippen molar-refractivity contribution in [1.82, 2.24) is 0 Å². The lowest BCUT2D eigenvalue weighted by Gasteiger charge is -2.35. The Bertz CT molecular complexity index is 1300. The van der Waals surface area contributed by atoms with Gasteiger partial charge in [0.05, 0.1) is 27.0 Å². The Morgan fingerprint density at radius 1 is 0.657 bits per heavy atom. The molecule has 0 aromatic heterocycles. The summed E-state index contributed by atoms with van der Waals surface area (Å²) < 4.78 is 12.5. The van der Waals surface area contributed by atoms with Crippen LogP contribution in [0, 0.1) is 11.8 Å². The van der Waals surface area contributed by atoms with Gasteiger partial charge in [-0.05, 0) is 61.1 Å². The number of carbonyl (C=O) groups excluding carboxylic acids is 2. The predicted molar refractivity (Wildman–Crippen MR) is 138 cm³/mol. The molecule has 4 nitrogen and oxygen atoms in total. The van der Waals surface area contributed by atoms with Gasteiger partial charge >= 0.3 is 0 Å². The van der Waals surface area contributed by atoms with Gasteiger partial charge in [0.1, 0.15) is 0 Å². The molecule has 3 aromatic carbocycles. The zero-order valence-electron chi connectivity index (χ0n) is 19.8. The van der Waals surface area contributed by atoms with E-state index < -0.39 is 32.1 Å². The maximum Gasteiger partial charge on any atom is 0.239 e. The highest BCUT2D eigenvalue weighted by Gasteiger charge is 2.77. The summed E-state index contributed by atoms with van der Waals surface area (Å²) in [6, 6.07) is 29.4. The van der Waals surface area contributed by atoms with Crippen LogP contribution in [0.25, 0.3) is 0 Å². The summed E-state index contributed by atoms with van der Waals surface area (Å²) in [6.07, 6.45) is 1.24. The number of rotatable bonds is 5. The molecule has 35 heavy (non-hydrogen) atoms. The predicted octanol–water partition coefficient (Wildman–Crippen LogP) is 4.87. The summed E-state index contributed by atoms with van der Waals surface area (Å²) in [4.78, 5) is 29.1. The van der Waals surface area contributed by atoms with Gasteiger partial charge in [-0.25, -0.2) is 4.90 Å². The van der Waals surface area contributed by atoms with Crippen molar-refractivity contribution >= 4 is 28.3 Å². The van der Waals surface area contributed by atoms with Gasteiger partial charge in [0.2, 0.25) is 11.8 Å². The summed E-state index contributed by atoms with van der Waals surface area (Å²) in [5.74, 6) is -1.70. The number of anilines is 1. The van der Waals surface area contributed by atoms with E-state index in [1.54, 1.807) is 12.1 Å². The van der Waals surface area contributed by atoms with Gasteiger partial charge in [0.15, 0.2) is 0 Å². The molecule has 0 radical (unpaired) electrons. The summed E-state index contributed by atoms with van der Waals surface area (Å²) in [6.45, 7) is 3.92.